The molecule has 2 heterocycles. The fourth-order valence-corrected chi connectivity index (χ4v) is 3.59. The van der Waals surface area contributed by atoms with Gasteiger partial charge in [-0.3, -0.25) is 4.90 Å². The van der Waals surface area contributed by atoms with Crippen molar-refractivity contribution < 1.29 is 9.84 Å². The zero-order valence-corrected chi connectivity index (χ0v) is 11.4. The van der Waals surface area contributed by atoms with Gasteiger partial charge in [0, 0.05) is 24.3 Å². The molecule has 2 atom stereocenters. The number of ether oxygens (including phenoxy) is 1. The van der Waals surface area contributed by atoms with E-state index in [9.17, 15) is 5.11 Å². The highest BCUT2D eigenvalue weighted by Crippen LogP contribution is 2.38. The third kappa shape index (κ3) is 2.19. The molecule has 1 aromatic rings. The molecule has 1 aromatic carbocycles. The molecule has 2 saturated heterocycles. The van der Waals surface area contributed by atoms with Gasteiger partial charge in [-0.2, -0.15) is 0 Å². The average Bonchev–Trinajstić information content (AvgIpc) is 3.03. The molecule has 4 heteroatoms. The molecule has 104 valence electrons. The van der Waals surface area contributed by atoms with Crippen LogP contribution in [0.2, 0.25) is 0 Å². The lowest BCUT2D eigenvalue weighted by Crippen LogP contribution is -2.50. The summed E-state index contributed by atoms with van der Waals surface area (Å²) >= 11 is 0. The lowest BCUT2D eigenvalue weighted by molar-refractivity contribution is 0.175. The first-order valence-corrected chi connectivity index (χ1v) is 7.04. The predicted octanol–water partition coefficient (Wildman–Crippen LogP) is 1.71. The van der Waals surface area contributed by atoms with Crippen LogP contribution in [-0.4, -0.2) is 48.4 Å². The van der Waals surface area contributed by atoms with Gasteiger partial charge in [-0.15, -0.1) is 0 Å². The number of methoxy groups -OCH3 is 1. The lowest BCUT2D eigenvalue weighted by Gasteiger charge is -2.35. The van der Waals surface area contributed by atoms with Gasteiger partial charge in [0.2, 0.25) is 0 Å². The van der Waals surface area contributed by atoms with E-state index in [0.29, 0.717) is 6.04 Å². The monoisotopic (exact) mass is 262 g/mol. The van der Waals surface area contributed by atoms with Crippen molar-refractivity contribution in [2.24, 2.45) is 0 Å². The summed E-state index contributed by atoms with van der Waals surface area (Å²) in [5.41, 5.74) is 0.838. The van der Waals surface area contributed by atoms with E-state index >= 15 is 0 Å². The number of fused-ring (bicyclic) bond motifs is 1. The number of rotatable bonds is 4. The highest BCUT2D eigenvalue weighted by atomic mass is 16.5. The SMILES string of the molecule is COc1cccc(NC2(CO)CCN3CCCC32)c1. The molecule has 4 nitrogen and oxygen atoms in total. The lowest BCUT2D eigenvalue weighted by atomic mass is 9.89. The normalized spacial score (nSPS) is 30.3. The zero-order chi connectivity index (χ0) is 13.3. The molecule has 0 aromatic heterocycles. The van der Waals surface area contributed by atoms with Crippen LogP contribution in [0.4, 0.5) is 5.69 Å². The van der Waals surface area contributed by atoms with Crippen LogP contribution in [0.3, 0.4) is 0 Å². The van der Waals surface area contributed by atoms with Crippen molar-refractivity contribution in [3.63, 3.8) is 0 Å². The Kier molecular flexibility index (Phi) is 3.37. The Labute approximate surface area is 114 Å². The predicted molar refractivity (Wildman–Crippen MR) is 75.6 cm³/mol. The van der Waals surface area contributed by atoms with Crippen molar-refractivity contribution in [1.82, 2.24) is 4.90 Å². The minimum atomic E-state index is -0.192. The van der Waals surface area contributed by atoms with Gasteiger partial charge in [0.1, 0.15) is 5.75 Å². The summed E-state index contributed by atoms with van der Waals surface area (Å²) in [7, 11) is 1.68. The van der Waals surface area contributed by atoms with Crippen LogP contribution in [0.1, 0.15) is 19.3 Å². The molecule has 0 amide bonds. The van der Waals surface area contributed by atoms with Crippen molar-refractivity contribution in [3.05, 3.63) is 24.3 Å². The maximum atomic E-state index is 9.93. The summed E-state index contributed by atoms with van der Waals surface area (Å²) in [5.74, 6) is 0.847. The summed E-state index contributed by atoms with van der Waals surface area (Å²) in [6.07, 6.45) is 3.43. The molecular weight excluding hydrogens is 240 g/mol. The molecule has 19 heavy (non-hydrogen) atoms. The molecule has 0 radical (unpaired) electrons. The topological polar surface area (TPSA) is 44.7 Å². The third-order valence-electron chi connectivity index (χ3n) is 4.59. The Morgan fingerprint density at radius 3 is 3.16 bits per heavy atom. The molecule has 2 N–H and O–H groups in total. The molecule has 2 aliphatic rings. The summed E-state index contributed by atoms with van der Waals surface area (Å²) in [5, 5.41) is 13.5. The highest BCUT2D eigenvalue weighted by molar-refractivity contribution is 5.51. The van der Waals surface area contributed by atoms with Gasteiger partial charge in [0.25, 0.3) is 0 Å². The van der Waals surface area contributed by atoms with E-state index in [4.69, 9.17) is 4.74 Å². The largest absolute Gasteiger partial charge is 0.497 e. The van der Waals surface area contributed by atoms with Crippen LogP contribution in [-0.2, 0) is 0 Å². The Morgan fingerprint density at radius 1 is 1.47 bits per heavy atom. The number of nitrogens with one attached hydrogen (secondary N) is 1. The first-order chi connectivity index (χ1) is 9.27. The second-order valence-corrected chi connectivity index (χ2v) is 5.62. The number of aliphatic hydroxyl groups is 1. The van der Waals surface area contributed by atoms with Crippen molar-refractivity contribution >= 4 is 5.69 Å². The van der Waals surface area contributed by atoms with Crippen molar-refractivity contribution in [2.75, 3.05) is 32.1 Å². The van der Waals surface area contributed by atoms with Gasteiger partial charge < -0.3 is 15.2 Å². The van der Waals surface area contributed by atoms with Crippen LogP contribution >= 0.6 is 0 Å². The Hall–Kier alpha value is -1.26. The minimum Gasteiger partial charge on any atom is -0.497 e. The summed E-state index contributed by atoms with van der Waals surface area (Å²) in [6.45, 7) is 2.44. The molecular formula is C15H22N2O2. The average molecular weight is 262 g/mol. The van der Waals surface area contributed by atoms with Gasteiger partial charge in [-0.1, -0.05) is 6.07 Å². The van der Waals surface area contributed by atoms with E-state index in [1.807, 2.05) is 24.3 Å². The number of hydrogen-bond donors (Lipinski definition) is 2. The summed E-state index contributed by atoms with van der Waals surface area (Å²) < 4.78 is 5.26. The van der Waals surface area contributed by atoms with E-state index in [1.165, 1.54) is 19.4 Å². The first kappa shape index (κ1) is 12.8. The van der Waals surface area contributed by atoms with Crippen molar-refractivity contribution in [3.8, 4) is 5.75 Å². The van der Waals surface area contributed by atoms with E-state index in [0.717, 1.165) is 24.4 Å². The van der Waals surface area contributed by atoms with Crippen molar-refractivity contribution in [2.45, 2.75) is 30.8 Å². The maximum Gasteiger partial charge on any atom is 0.120 e. The van der Waals surface area contributed by atoms with E-state index in [-0.39, 0.29) is 12.1 Å². The van der Waals surface area contributed by atoms with Crippen LogP contribution in [0.5, 0.6) is 5.75 Å². The van der Waals surface area contributed by atoms with E-state index in [1.54, 1.807) is 7.11 Å². The van der Waals surface area contributed by atoms with E-state index in [2.05, 4.69) is 10.2 Å². The molecule has 2 aliphatic heterocycles. The first-order valence-electron chi connectivity index (χ1n) is 7.04. The van der Waals surface area contributed by atoms with Gasteiger partial charge >= 0.3 is 0 Å². The smallest absolute Gasteiger partial charge is 0.120 e. The third-order valence-corrected chi connectivity index (χ3v) is 4.59. The molecule has 3 rings (SSSR count). The minimum absolute atomic E-state index is 0.186. The zero-order valence-electron chi connectivity index (χ0n) is 11.4. The summed E-state index contributed by atoms with van der Waals surface area (Å²) in [6, 6.07) is 8.41. The molecule has 0 saturated carbocycles. The number of anilines is 1. The quantitative estimate of drug-likeness (QED) is 0.867. The summed E-state index contributed by atoms with van der Waals surface area (Å²) in [4.78, 5) is 2.50. The van der Waals surface area contributed by atoms with Crippen molar-refractivity contribution in [1.29, 1.82) is 0 Å². The standard InChI is InChI=1S/C15H22N2O2/c1-19-13-5-2-4-12(10-13)16-15(11-18)7-9-17-8-3-6-14(15)17/h2,4-5,10,14,16,18H,3,6-9,11H2,1H3. The molecule has 0 aliphatic carbocycles. The Morgan fingerprint density at radius 2 is 2.37 bits per heavy atom. The maximum absolute atomic E-state index is 9.93. The second kappa shape index (κ2) is 5.02. The van der Waals surface area contributed by atoms with Crippen LogP contribution < -0.4 is 10.1 Å². The van der Waals surface area contributed by atoms with Gasteiger partial charge in [0.15, 0.2) is 0 Å². The van der Waals surface area contributed by atoms with Crippen LogP contribution in [0.25, 0.3) is 0 Å². The van der Waals surface area contributed by atoms with Gasteiger partial charge in [-0.25, -0.2) is 0 Å². The molecule has 2 fully saturated rings. The second-order valence-electron chi connectivity index (χ2n) is 5.62. The molecule has 0 bridgehead atoms. The fourth-order valence-electron chi connectivity index (χ4n) is 3.59. The Balaban J connectivity index is 1.82. The highest BCUT2D eigenvalue weighted by Gasteiger charge is 2.48. The number of nitrogens with zero attached hydrogens (tertiary/aromatic N) is 1. The van der Waals surface area contributed by atoms with Crippen LogP contribution in [0.15, 0.2) is 24.3 Å². The number of aliphatic hydroxyl groups excluding tert-OH is 1. The van der Waals surface area contributed by atoms with E-state index < -0.39 is 0 Å². The fraction of sp³-hybridized carbons (Fsp3) is 0.600. The van der Waals surface area contributed by atoms with Gasteiger partial charge in [0.05, 0.1) is 19.3 Å². The van der Waals surface area contributed by atoms with Gasteiger partial charge in [-0.05, 0) is 37.9 Å². The molecule has 2 unspecified atom stereocenters. The number of hydrogen-bond acceptors (Lipinski definition) is 4. The molecule has 0 spiro atoms. The van der Waals surface area contributed by atoms with Crippen LogP contribution in [0, 0.1) is 0 Å². The number of benzene rings is 1. The Bertz CT molecular complexity index is 452.